The van der Waals surface area contributed by atoms with Crippen LogP contribution in [0.15, 0.2) is 42.5 Å². The van der Waals surface area contributed by atoms with Crippen molar-refractivity contribution in [2.45, 2.75) is 0 Å². The summed E-state index contributed by atoms with van der Waals surface area (Å²) >= 11 is 8.13. The van der Waals surface area contributed by atoms with Gasteiger partial charge in [0, 0.05) is 46.1 Å². The summed E-state index contributed by atoms with van der Waals surface area (Å²) < 4.78 is 0.878. The van der Waals surface area contributed by atoms with E-state index in [1.165, 1.54) is 5.69 Å². The lowest BCUT2D eigenvalue weighted by atomic mass is 10.2. The monoisotopic (exact) mass is 455 g/mol. The Bertz CT molecular complexity index is 728. The van der Waals surface area contributed by atoms with Gasteiger partial charge in [0.2, 0.25) is 0 Å². The van der Waals surface area contributed by atoms with Crippen molar-refractivity contribution in [2.24, 2.45) is 0 Å². The molecule has 1 saturated heterocycles. The number of likely N-dealkylation sites (N-methyl/N-ethyl adjacent to an activating group) is 1. The van der Waals surface area contributed by atoms with Gasteiger partial charge in [-0.3, -0.25) is 4.79 Å². The van der Waals surface area contributed by atoms with Crippen molar-refractivity contribution >= 4 is 51.5 Å². The number of nitrogens with one attached hydrogen (secondary N) is 1. The first kappa shape index (κ1) is 17.5. The quantitative estimate of drug-likeness (QED) is 0.712. The lowest BCUT2D eigenvalue weighted by Gasteiger charge is -2.34. The minimum atomic E-state index is -0.144. The van der Waals surface area contributed by atoms with Crippen LogP contribution in [0.1, 0.15) is 10.4 Å². The number of carbonyl (C=O) groups is 1. The third-order valence-electron chi connectivity index (χ3n) is 4.17. The zero-order valence-electron chi connectivity index (χ0n) is 13.4. The molecule has 0 bridgehead atoms. The van der Waals surface area contributed by atoms with Gasteiger partial charge in [-0.2, -0.15) is 0 Å². The van der Waals surface area contributed by atoms with E-state index < -0.39 is 0 Å². The molecular formula is C18H19ClIN3O. The van der Waals surface area contributed by atoms with Crippen molar-refractivity contribution in [1.29, 1.82) is 0 Å². The Morgan fingerprint density at radius 1 is 1.08 bits per heavy atom. The average molecular weight is 456 g/mol. The summed E-state index contributed by atoms with van der Waals surface area (Å²) in [6.45, 7) is 4.21. The Labute approximate surface area is 160 Å². The molecule has 1 aliphatic heterocycles. The van der Waals surface area contributed by atoms with E-state index in [9.17, 15) is 4.79 Å². The minimum absolute atomic E-state index is 0.144. The van der Waals surface area contributed by atoms with Gasteiger partial charge in [0.1, 0.15) is 0 Å². The van der Waals surface area contributed by atoms with Crippen LogP contribution < -0.4 is 10.2 Å². The number of benzene rings is 2. The first-order valence-corrected chi connectivity index (χ1v) is 9.28. The summed E-state index contributed by atoms with van der Waals surface area (Å²) in [6, 6.07) is 13.3. The smallest absolute Gasteiger partial charge is 0.256 e. The van der Waals surface area contributed by atoms with Crippen molar-refractivity contribution in [1.82, 2.24) is 4.90 Å². The number of nitrogens with zero attached hydrogens (tertiary/aromatic N) is 2. The summed E-state index contributed by atoms with van der Waals surface area (Å²) in [4.78, 5) is 17.1. The molecule has 0 unspecified atom stereocenters. The summed E-state index contributed by atoms with van der Waals surface area (Å²) in [5.41, 5.74) is 2.57. The highest BCUT2D eigenvalue weighted by Crippen LogP contribution is 2.22. The molecule has 3 rings (SSSR count). The van der Waals surface area contributed by atoms with Crippen LogP contribution in [0.2, 0.25) is 5.02 Å². The van der Waals surface area contributed by atoms with Gasteiger partial charge in [0.05, 0.1) is 5.56 Å². The number of piperazine rings is 1. The van der Waals surface area contributed by atoms with E-state index in [-0.39, 0.29) is 5.91 Å². The van der Waals surface area contributed by atoms with Gasteiger partial charge in [-0.25, -0.2) is 0 Å². The van der Waals surface area contributed by atoms with E-state index in [1.807, 2.05) is 18.2 Å². The van der Waals surface area contributed by atoms with E-state index in [1.54, 1.807) is 12.1 Å². The van der Waals surface area contributed by atoms with Crippen LogP contribution in [-0.4, -0.2) is 44.0 Å². The molecule has 126 valence electrons. The fourth-order valence-corrected chi connectivity index (χ4v) is 3.44. The van der Waals surface area contributed by atoms with Crippen LogP contribution in [0.25, 0.3) is 0 Å². The van der Waals surface area contributed by atoms with E-state index in [4.69, 9.17) is 11.6 Å². The molecule has 6 heteroatoms. The number of halogens is 2. The highest BCUT2D eigenvalue weighted by molar-refractivity contribution is 14.1. The lowest BCUT2D eigenvalue weighted by Crippen LogP contribution is -2.44. The van der Waals surface area contributed by atoms with Gasteiger partial charge >= 0.3 is 0 Å². The Balaban J connectivity index is 1.68. The standard InChI is InChI=1S/C18H19ClIN3O/c1-22-8-10-23(11-9-22)15-5-3-14(4-6-15)21-18(24)16-12-13(19)2-7-17(16)20/h2-7,12H,8-11H2,1H3,(H,21,24). The van der Waals surface area contributed by atoms with Crippen molar-refractivity contribution in [3.8, 4) is 0 Å². The summed E-state index contributed by atoms with van der Waals surface area (Å²) in [7, 11) is 2.15. The fraction of sp³-hybridized carbons (Fsp3) is 0.278. The number of hydrogen-bond donors (Lipinski definition) is 1. The van der Waals surface area contributed by atoms with Crippen LogP contribution in [0, 0.1) is 3.57 Å². The Kier molecular flexibility index (Phi) is 5.63. The Morgan fingerprint density at radius 2 is 1.75 bits per heavy atom. The van der Waals surface area contributed by atoms with E-state index in [0.29, 0.717) is 10.6 Å². The third-order valence-corrected chi connectivity index (χ3v) is 5.34. The van der Waals surface area contributed by atoms with E-state index in [0.717, 1.165) is 35.4 Å². The van der Waals surface area contributed by atoms with Crippen molar-refractivity contribution in [2.75, 3.05) is 43.4 Å². The van der Waals surface area contributed by atoms with Crippen molar-refractivity contribution < 1.29 is 4.79 Å². The number of rotatable bonds is 3. The second-order valence-electron chi connectivity index (χ2n) is 5.92. The van der Waals surface area contributed by atoms with Gasteiger partial charge in [0.25, 0.3) is 5.91 Å². The number of carbonyl (C=O) groups excluding carboxylic acids is 1. The maximum absolute atomic E-state index is 12.4. The molecule has 4 nitrogen and oxygen atoms in total. The molecule has 0 aliphatic carbocycles. The van der Waals surface area contributed by atoms with E-state index >= 15 is 0 Å². The first-order valence-electron chi connectivity index (χ1n) is 7.83. The number of amides is 1. The molecule has 2 aromatic rings. The maximum Gasteiger partial charge on any atom is 0.256 e. The van der Waals surface area contributed by atoms with Crippen molar-refractivity contribution in [3.05, 3.63) is 56.6 Å². The zero-order valence-corrected chi connectivity index (χ0v) is 16.3. The molecule has 1 amide bonds. The van der Waals surface area contributed by atoms with Crippen LogP contribution in [0.4, 0.5) is 11.4 Å². The first-order chi connectivity index (χ1) is 11.5. The summed E-state index contributed by atoms with van der Waals surface area (Å²) in [5, 5.41) is 3.50. The topological polar surface area (TPSA) is 35.6 Å². The maximum atomic E-state index is 12.4. The fourth-order valence-electron chi connectivity index (χ4n) is 2.69. The Morgan fingerprint density at radius 3 is 2.42 bits per heavy atom. The molecule has 2 aromatic carbocycles. The molecule has 0 radical (unpaired) electrons. The number of anilines is 2. The molecule has 1 N–H and O–H groups in total. The zero-order chi connectivity index (χ0) is 17.1. The van der Waals surface area contributed by atoms with Gasteiger partial charge in [-0.1, -0.05) is 11.6 Å². The van der Waals surface area contributed by atoms with Crippen LogP contribution in [0.3, 0.4) is 0 Å². The third kappa shape index (κ3) is 4.20. The molecule has 0 aromatic heterocycles. The molecule has 1 heterocycles. The summed E-state index contributed by atoms with van der Waals surface area (Å²) in [6.07, 6.45) is 0. The Hall–Kier alpha value is -1.31. The highest BCUT2D eigenvalue weighted by Gasteiger charge is 2.15. The predicted octanol–water partition coefficient (Wildman–Crippen LogP) is 3.95. The molecule has 24 heavy (non-hydrogen) atoms. The molecular weight excluding hydrogens is 437 g/mol. The van der Waals surface area contributed by atoms with E-state index in [2.05, 4.69) is 56.9 Å². The second kappa shape index (κ2) is 7.72. The van der Waals surface area contributed by atoms with Crippen LogP contribution >= 0.6 is 34.2 Å². The normalized spacial score (nSPS) is 15.4. The molecule has 1 aliphatic rings. The van der Waals surface area contributed by atoms with Gasteiger partial charge in [-0.05, 0) is 72.1 Å². The van der Waals surface area contributed by atoms with Gasteiger partial charge < -0.3 is 15.1 Å². The second-order valence-corrected chi connectivity index (χ2v) is 7.51. The van der Waals surface area contributed by atoms with Crippen molar-refractivity contribution in [3.63, 3.8) is 0 Å². The molecule has 0 saturated carbocycles. The SMILES string of the molecule is CN1CCN(c2ccc(NC(=O)c3cc(Cl)ccc3I)cc2)CC1. The van der Waals surface area contributed by atoms with Crippen LogP contribution in [0.5, 0.6) is 0 Å². The molecule has 0 spiro atoms. The number of hydrogen-bond acceptors (Lipinski definition) is 3. The molecule has 1 fully saturated rings. The largest absolute Gasteiger partial charge is 0.369 e. The minimum Gasteiger partial charge on any atom is -0.369 e. The van der Waals surface area contributed by atoms with Gasteiger partial charge in [0.15, 0.2) is 0 Å². The summed E-state index contributed by atoms with van der Waals surface area (Å²) in [5.74, 6) is -0.144. The molecule has 0 atom stereocenters. The average Bonchev–Trinajstić information content (AvgIpc) is 2.58. The van der Waals surface area contributed by atoms with Crippen LogP contribution in [-0.2, 0) is 0 Å². The predicted molar refractivity (Wildman–Crippen MR) is 108 cm³/mol. The van der Waals surface area contributed by atoms with Gasteiger partial charge in [-0.15, -0.1) is 0 Å². The lowest BCUT2D eigenvalue weighted by molar-refractivity contribution is 0.102. The highest BCUT2D eigenvalue weighted by atomic mass is 127.